The van der Waals surface area contributed by atoms with Gasteiger partial charge < -0.3 is 29.2 Å². The number of carbonyl (C=O) groups excluding carboxylic acids is 3. The second kappa shape index (κ2) is 15.6. The Hall–Kier alpha value is -2.91. The number of carbonyl (C=O) groups is 3. The van der Waals surface area contributed by atoms with Crippen molar-refractivity contribution in [1.29, 1.82) is 0 Å². The molecule has 0 aliphatic carbocycles. The largest absolute Gasteiger partial charge is 0.446 e. The van der Waals surface area contributed by atoms with Gasteiger partial charge in [0.25, 0.3) is 0 Å². The Morgan fingerprint density at radius 3 is 1.36 bits per heavy atom. The molecule has 1 aliphatic rings. The van der Waals surface area contributed by atoms with Gasteiger partial charge in [0.2, 0.25) is 0 Å². The zero-order valence-electron chi connectivity index (χ0n) is 22.3. The van der Waals surface area contributed by atoms with Gasteiger partial charge in [0.1, 0.15) is 18.8 Å². The van der Waals surface area contributed by atoms with E-state index >= 15 is 0 Å². The average Bonchev–Trinajstić information content (AvgIpc) is 2.90. The molecule has 3 aromatic rings. The number of rotatable bonds is 7. The van der Waals surface area contributed by atoms with Crippen molar-refractivity contribution in [3.8, 4) is 0 Å². The van der Waals surface area contributed by atoms with Crippen LogP contribution in [0.5, 0.6) is 0 Å². The first-order valence-electron chi connectivity index (χ1n) is 12.5. The van der Waals surface area contributed by atoms with Gasteiger partial charge in [-0.05, 0) is 54.6 Å². The quantitative estimate of drug-likeness (QED) is 0.154. The van der Waals surface area contributed by atoms with E-state index < -0.39 is 55.6 Å². The Labute approximate surface area is 285 Å². The number of benzene rings is 3. The van der Waals surface area contributed by atoms with Crippen LogP contribution in [0.4, 0.5) is 31.4 Å². The molecule has 0 saturated carbocycles. The molecule has 12 nitrogen and oxygen atoms in total. The molecule has 0 radical (unpaired) electrons. The smallest absolute Gasteiger partial charge is 0.412 e. The first-order valence-corrected chi connectivity index (χ1v) is 14.8. The van der Waals surface area contributed by atoms with E-state index in [1.165, 1.54) is 54.6 Å². The molecule has 3 aromatic carbocycles. The minimum Gasteiger partial charge on any atom is -0.446 e. The van der Waals surface area contributed by atoms with E-state index in [9.17, 15) is 24.6 Å². The van der Waals surface area contributed by atoms with Gasteiger partial charge in [-0.2, -0.15) is 0 Å². The minimum atomic E-state index is -1.98. The minimum absolute atomic E-state index is 0.130. The molecule has 5 N–H and O–H groups in total. The summed E-state index contributed by atoms with van der Waals surface area (Å²) in [6, 6.07) is 12.6. The van der Waals surface area contributed by atoms with E-state index in [2.05, 4.69) is 16.0 Å². The Morgan fingerprint density at radius 2 is 0.956 bits per heavy atom. The Balaban J connectivity index is 1.48. The third kappa shape index (κ3) is 10.3. The van der Waals surface area contributed by atoms with Crippen molar-refractivity contribution in [2.45, 2.75) is 30.7 Å². The number of ether oxygens (including phenoxy) is 4. The summed E-state index contributed by atoms with van der Waals surface area (Å²) in [6.07, 6.45) is -12.1. The standard InChI is InChI=1S/C27H21Cl6N3O9/c28-11-1-12(29)5-17(4-11)34-25(39)42-10-20-21(37)22(44-26(40)35-18-6-13(30)2-14(31)7-18)23(24(38)43-20)45-27(41)36-19-8-15(32)3-16(33)9-19/h1-9,20-24,37-38H,10H2,(H,34,39)(H,35,40)(H,36,41)/t20-,21-,22+,23-,24+/m1/s1. The lowest BCUT2D eigenvalue weighted by molar-refractivity contribution is -0.283. The van der Waals surface area contributed by atoms with Gasteiger partial charge in [-0.3, -0.25) is 16.0 Å². The highest BCUT2D eigenvalue weighted by atomic mass is 35.5. The highest BCUT2D eigenvalue weighted by molar-refractivity contribution is 6.36. The van der Waals surface area contributed by atoms with Crippen LogP contribution in [0.2, 0.25) is 30.1 Å². The van der Waals surface area contributed by atoms with Gasteiger partial charge in [0.05, 0.1) is 0 Å². The summed E-state index contributed by atoms with van der Waals surface area (Å²) in [5.41, 5.74) is 0.475. The molecule has 0 unspecified atom stereocenters. The number of anilines is 3. The Bertz CT molecular complexity index is 1520. The maximum Gasteiger partial charge on any atom is 0.412 e. The summed E-state index contributed by atoms with van der Waals surface area (Å²) in [7, 11) is 0. The van der Waals surface area contributed by atoms with E-state index in [1.54, 1.807) is 0 Å². The van der Waals surface area contributed by atoms with Crippen molar-refractivity contribution >= 4 is 105 Å². The maximum atomic E-state index is 12.8. The number of aliphatic hydroxyl groups excluding tert-OH is 2. The number of hydrogen-bond donors (Lipinski definition) is 5. The van der Waals surface area contributed by atoms with Crippen molar-refractivity contribution in [3.05, 3.63) is 84.7 Å². The number of aliphatic hydroxyl groups is 2. The molecule has 0 bridgehead atoms. The van der Waals surface area contributed by atoms with Crippen LogP contribution >= 0.6 is 69.6 Å². The van der Waals surface area contributed by atoms with E-state index in [4.69, 9.17) is 88.6 Å². The highest BCUT2D eigenvalue weighted by Crippen LogP contribution is 2.29. The van der Waals surface area contributed by atoms with Gasteiger partial charge in [-0.25, -0.2) is 14.4 Å². The molecule has 0 spiro atoms. The molecule has 3 amide bonds. The van der Waals surface area contributed by atoms with Crippen LogP contribution in [0.25, 0.3) is 0 Å². The van der Waals surface area contributed by atoms with Gasteiger partial charge in [0.15, 0.2) is 18.5 Å². The SMILES string of the molecule is O=C(Nc1cc(Cl)cc(Cl)c1)OC[C@H]1O[C@H](O)[C@H](OC(=O)Nc2cc(Cl)cc(Cl)c2)[C@@H](OC(=O)Nc2cc(Cl)cc(Cl)c2)[C@@H]1O. The molecule has 1 fully saturated rings. The molecule has 240 valence electrons. The zero-order valence-corrected chi connectivity index (χ0v) is 26.8. The lowest BCUT2D eigenvalue weighted by Gasteiger charge is -2.41. The average molecular weight is 744 g/mol. The second-order valence-corrected chi connectivity index (χ2v) is 11.9. The van der Waals surface area contributed by atoms with Crippen LogP contribution in [-0.2, 0) is 18.9 Å². The Kier molecular flexibility index (Phi) is 12.1. The molecule has 1 aliphatic heterocycles. The monoisotopic (exact) mass is 741 g/mol. The molecule has 0 aromatic heterocycles. The zero-order chi connectivity index (χ0) is 32.8. The number of amides is 3. The maximum absolute atomic E-state index is 12.8. The summed E-state index contributed by atoms with van der Waals surface area (Å²) in [5, 5.41) is 30.3. The third-order valence-corrected chi connectivity index (χ3v) is 7.14. The van der Waals surface area contributed by atoms with E-state index in [0.29, 0.717) is 0 Å². The first kappa shape index (κ1) is 35.0. The molecular formula is C27H21Cl6N3O9. The number of nitrogens with one attached hydrogen (secondary N) is 3. The van der Waals surface area contributed by atoms with Crippen molar-refractivity contribution in [2.75, 3.05) is 22.6 Å². The molecule has 1 saturated heterocycles. The fraction of sp³-hybridized carbons (Fsp3) is 0.222. The predicted molar refractivity (Wildman–Crippen MR) is 169 cm³/mol. The van der Waals surface area contributed by atoms with Crippen molar-refractivity contribution in [3.63, 3.8) is 0 Å². The fourth-order valence-electron chi connectivity index (χ4n) is 4.04. The number of halogens is 6. The summed E-state index contributed by atoms with van der Waals surface area (Å²) in [4.78, 5) is 37.9. The van der Waals surface area contributed by atoms with Gasteiger partial charge >= 0.3 is 18.3 Å². The van der Waals surface area contributed by atoms with Crippen molar-refractivity contribution in [2.24, 2.45) is 0 Å². The van der Waals surface area contributed by atoms with E-state index in [1.807, 2.05) is 0 Å². The van der Waals surface area contributed by atoms with Crippen LogP contribution < -0.4 is 16.0 Å². The van der Waals surface area contributed by atoms with E-state index in [0.717, 1.165) is 0 Å². The Morgan fingerprint density at radius 1 is 0.600 bits per heavy atom. The molecule has 45 heavy (non-hydrogen) atoms. The van der Waals surface area contributed by atoms with E-state index in [-0.39, 0.29) is 47.2 Å². The molecule has 4 rings (SSSR count). The summed E-state index contributed by atoms with van der Waals surface area (Å²) >= 11 is 35.7. The van der Waals surface area contributed by atoms with Crippen molar-refractivity contribution < 1.29 is 43.5 Å². The van der Waals surface area contributed by atoms with Gasteiger partial charge in [-0.1, -0.05) is 69.6 Å². The summed E-state index contributed by atoms with van der Waals surface area (Å²) in [5.74, 6) is 0. The van der Waals surface area contributed by atoms with Crippen LogP contribution in [0.1, 0.15) is 0 Å². The predicted octanol–water partition coefficient (Wildman–Crippen LogP) is 7.47. The third-order valence-electron chi connectivity index (χ3n) is 5.83. The topological polar surface area (TPSA) is 165 Å². The first-order chi connectivity index (χ1) is 21.2. The summed E-state index contributed by atoms with van der Waals surface area (Å²) < 4.78 is 21.1. The summed E-state index contributed by atoms with van der Waals surface area (Å²) in [6.45, 7) is -0.649. The van der Waals surface area contributed by atoms with Gasteiger partial charge in [0, 0.05) is 47.2 Å². The normalized spacial score (nSPS) is 20.9. The molecular weight excluding hydrogens is 723 g/mol. The van der Waals surface area contributed by atoms with Crippen LogP contribution in [-0.4, -0.2) is 65.8 Å². The van der Waals surface area contributed by atoms with Crippen LogP contribution in [0, 0.1) is 0 Å². The van der Waals surface area contributed by atoms with Gasteiger partial charge in [-0.15, -0.1) is 0 Å². The van der Waals surface area contributed by atoms with Crippen LogP contribution in [0.15, 0.2) is 54.6 Å². The molecule has 1 heterocycles. The highest BCUT2D eigenvalue weighted by Gasteiger charge is 2.50. The lowest BCUT2D eigenvalue weighted by atomic mass is 9.99. The molecule has 5 atom stereocenters. The van der Waals surface area contributed by atoms with Crippen LogP contribution in [0.3, 0.4) is 0 Å². The fourth-order valence-corrected chi connectivity index (χ4v) is 5.61. The second-order valence-electron chi connectivity index (χ2n) is 9.24. The van der Waals surface area contributed by atoms with Crippen molar-refractivity contribution in [1.82, 2.24) is 0 Å². The molecule has 18 heteroatoms. The lowest BCUT2D eigenvalue weighted by Crippen LogP contribution is -2.61. The number of hydrogen-bond acceptors (Lipinski definition) is 9.